The van der Waals surface area contributed by atoms with Crippen LogP contribution in [0.5, 0.6) is 17.2 Å². The van der Waals surface area contributed by atoms with Crippen LogP contribution in [-0.4, -0.2) is 22.6 Å². The van der Waals surface area contributed by atoms with E-state index < -0.39 is 11.4 Å². The summed E-state index contributed by atoms with van der Waals surface area (Å²) in [4.78, 5) is 11.5. The average Bonchev–Trinajstić information content (AvgIpc) is 2.33. The monoisotopic (exact) mass is 276 g/mol. The summed E-state index contributed by atoms with van der Waals surface area (Å²) >= 11 is 0. The Morgan fingerprint density at radius 3 is 2.30 bits per heavy atom. The number of aryl methyl sites for hydroxylation is 1. The minimum atomic E-state index is -0.905. The van der Waals surface area contributed by atoms with Crippen molar-refractivity contribution in [3.63, 3.8) is 0 Å². The first-order chi connectivity index (χ1) is 9.11. The lowest BCUT2D eigenvalue weighted by Gasteiger charge is -2.19. The molecule has 0 fully saturated rings. The van der Waals surface area contributed by atoms with Crippen molar-refractivity contribution in [2.75, 3.05) is 0 Å². The maximum atomic E-state index is 11.5. The van der Waals surface area contributed by atoms with E-state index in [4.69, 9.17) is 4.42 Å². The van der Waals surface area contributed by atoms with E-state index in [0.29, 0.717) is 18.1 Å². The highest BCUT2D eigenvalue weighted by atomic mass is 16.4. The van der Waals surface area contributed by atoms with Gasteiger partial charge in [-0.05, 0) is 13.0 Å². The molecule has 1 aromatic carbocycles. The maximum Gasteiger partial charge on any atom is 0.379 e. The lowest BCUT2D eigenvalue weighted by atomic mass is 9.51. The molecule has 2 rings (SSSR count). The second kappa shape index (κ2) is 4.47. The Bertz CT molecular complexity index is 740. The van der Waals surface area contributed by atoms with Gasteiger partial charge in [0.15, 0.2) is 18.6 Å². The van der Waals surface area contributed by atoms with E-state index in [1.54, 1.807) is 0 Å². The van der Waals surface area contributed by atoms with Crippen LogP contribution in [0.2, 0.25) is 5.31 Å². The van der Waals surface area contributed by atoms with Crippen molar-refractivity contribution in [2.45, 2.75) is 33.0 Å². The first-order valence-electron chi connectivity index (χ1n) is 6.32. The molecule has 0 aliphatic carbocycles. The van der Waals surface area contributed by atoms with E-state index in [0.717, 1.165) is 0 Å². The van der Waals surface area contributed by atoms with Crippen LogP contribution in [0.1, 0.15) is 26.3 Å². The van der Waals surface area contributed by atoms with Crippen LogP contribution >= 0.6 is 0 Å². The van der Waals surface area contributed by atoms with E-state index in [2.05, 4.69) is 0 Å². The number of hydrogen-bond acceptors (Lipinski definition) is 5. The third-order valence-corrected chi connectivity index (χ3v) is 3.19. The minimum absolute atomic E-state index is 0.0117. The van der Waals surface area contributed by atoms with Crippen molar-refractivity contribution < 1.29 is 19.7 Å². The molecule has 20 heavy (non-hydrogen) atoms. The molecule has 0 saturated carbocycles. The molecule has 0 aliphatic heterocycles. The second-order valence-electron chi connectivity index (χ2n) is 6.20. The summed E-state index contributed by atoms with van der Waals surface area (Å²) in [5, 5.41) is 30.1. The summed E-state index contributed by atoms with van der Waals surface area (Å²) in [6.07, 6.45) is 0. The molecule has 0 amide bonds. The molecule has 1 heterocycles. The molecule has 0 atom stereocenters. The van der Waals surface area contributed by atoms with E-state index in [1.807, 2.05) is 20.8 Å². The van der Waals surface area contributed by atoms with Crippen molar-refractivity contribution in [1.29, 1.82) is 0 Å². The quantitative estimate of drug-likeness (QED) is 0.542. The van der Waals surface area contributed by atoms with Gasteiger partial charge >= 0.3 is 5.63 Å². The van der Waals surface area contributed by atoms with Gasteiger partial charge in [-0.25, -0.2) is 4.79 Å². The highest BCUT2D eigenvalue weighted by molar-refractivity contribution is 6.59. The van der Waals surface area contributed by atoms with Crippen LogP contribution in [-0.2, 0) is 0 Å². The van der Waals surface area contributed by atoms with Gasteiger partial charge in [0.1, 0.15) is 5.75 Å². The largest absolute Gasteiger partial charge is 0.508 e. The number of aromatic hydroxyl groups is 3. The maximum absolute atomic E-state index is 11.5. The Morgan fingerprint density at radius 1 is 1.15 bits per heavy atom. The summed E-state index contributed by atoms with van der Waals surface area (Å²) < 4.78 is 4.95. The Morgan fingerprint density at radius 2 is 1.75 bits per heavy atom. The first-order valence-corrected chi connectivity index (χ1v) is 6.32. The van der Waals surface area contributed by atoms with Gasteiger partial charge in [-0.15, -0.1) is 0 Å². The molecule has 6 heteroatoms. The summed E-state index contributed by atoms with van der Waals surface area (Å²) in [6.45, 7) is 7.42. The molecule has 0 radical (unpaired) electrons. The summed E-state index contributed by atoms with van der Waals surface area (Å²) in [5.41, 5.74) is -0.317. The lowest BCUT2D eigenvalue weighted by Crippen LogP contribution is -2.24. The lowest BCUT2D eigenvalue weighted by molar-refractivity contribution is 0.412. The van der Waals surface area contributed by atoms with Crippen LogP contribution in [0.15, 0.2) is 15.3 Å². The van der Waals surface area contributed by atoms with Crippen molar-refractivity contribution >= 4 is 23.7 Å². The second-order valence-corrected chi connectivity index (χ2v) is 6.20. The van der Waals surface area contributed by atoms with Gasteiger partial charge in [0.25, 0.3) is 0 Å². The van der Waals surface area contributed by atoms with Gasteiger partial charge in [-0.3, -0.25) is 0 Å². The Hall–Kier alpha value is -2.11. The topological polar surface area (TPSA) is 90.9 Å². The van der Waals surface area contributed by atoms with E-state index in [1.165, 1.54) is 13.0 Å². The predicted molar refractivity (Wildman–Crippen MR) is 78.7 cm³/mol. The standard InChI is InChI=1S/C14H17BO5/c1-6-7-5-8(16)9(15-14(2,3)4)11(18)12(7)20-13(19)10(6)17/h5,15-18H,1-4H3. The Balaban J connectivity index is 2.83. The molecule has 106 valence electrons. The van der Waals surface area contributed by atoms with Gasteiger partial charge in [0.2, 0.25) is 5.75 Å². The van der Waals surface area contributed by atoms with Crippen LogP contribution in [0.25, 0.3) is 11.0 Å². The first kappa shape index (κ1) is 14.3. The molecule has 0 saturated heterocycles. The third-order valence-electron chi connectivity index (χ3n) is 3.19. The highest BCUT2D eigenvalue weighted by Gasteiger charge is 2.24. The van der Waals surface area contributed by atoms with E-state index in [-0.39, 0.29) is 28.0 Å². The Kier molecular flexibility index (Phi) is 3.20. The molecule has 2 aromatic rings. The van der Waals surface area contributed by atoms with Gasteiger partial charge in [0, 0.05) is 16.4 Å². The van der Waals surface area contributed by atoms with Crippen LogP contribution < -0.4 is 11.1 Å². The molecule has 5 nitrogen and oxygen atoms in total. The van der Waals surface area contributed by atoms with Crippen molar-refractivity contribution in [2.24, 2.45) is 0 Å². The SMILES string of the molecule is Cc1c(O)c(=O)oc2c(O)c(BC(C)(C)C)c(O)cc12. The Labute approximate surface area is 116 Å². The number of phenolic OH excluding ortho intramolecular Hbond substituents is 2. The van der Waals surface area contributed by atoms with Gasteiger partial charge in [-0.2, -0.15) is 0 Å². The zero-order valence-electron chi connectivity index (χ0n) is 11.9. The van der Waals surface area contributed by atoms with Crippen molar-refractivity contribution in [1.82, 2.24) is 0 Å². The fraction of sp³-hybridized carbons (Fsp3) is 0.357. The fourth-order valence-corrected chi connectivity index (χ4v) is 2.18. The summed E-state index contributed by atoms with van der Waals surface area (Å²) in [6, 6.07) is 1.40. The minimum Gasteiger partial charge on any atom is -0.508 e. The predicted octanol–water partition coefficient (Wildman–Crippen LogP) is 1.50. The molecular weight excluding hydrogens is 259 g/mol. The zero-order valence-corrected chi connectivity index (χ0v) is 11.9. The number of benzene rings is 1. The molecule has 0 bridgehead atoms. The van der Waals surface area contributed by atoms with Crippen molar-refractivity contribution in [3.8, 4) is 17.2 Å². The molecule has 0 unspecified atom stereocenters. The van der Waals surface area contributed by atoms with Crippen LogP contribution in [0, 0.1) is 6.92 Å². The van der Waals surface area contributed by atoms with Crippen LogP contribution in [0.4, 0.5) is 0 Å². The van der Waals surface area contributed by atoms with Crippen LogP contribution in [0.3, 0.4) is 0 Å². The summed E-state index contributed by atoms with van der Waals surface area (Å²) in [7, 11) is 0.421. The fourth-order valence-electron chi connectivity index (χ4n) is 2.18. The smallest absolute Gasteiger partial charge is 0.379 e. The number of phenols is 2. The molecule has 1 aromatic heterocycles. The molecule has 3 N–H and O–H groups in total. The summed E-state index contributed by atoms with van der Waals surface area (Å²) in [5.74, 6) is -0.851. The van der Waals surface area contributed by atoms with Gasteiger partial charge in [0.05, 0.1) is 0 Å². The number of rotatable bonds is 1. The number of fused-ring (bicyclic) bond motifs is 1. The molecule has 0 aliphatic rings. The van der Waals surface area contributed by atoms with E-state index in [9.17, 15) is 20.1 Å². The van der Waals surface area contributed by atoms with Gasteiger partial charge < -0.3 is 19.7 Å². The van der Waals surface area contributed by atoms with Crippen molar-refractivity contribution in [3.05, 3.63) is 22.0 Å². The average molecular weight is 276 g/mol. The van der Waals surface area contributed by atoms with E-state index >= 15 is 0 Å². The van der Waals surface area contributed by atoms with Gasteiger partial charge in [-0.1, -0.05) is 26.1 Å². The highest BCUT2D eigenvalue weighted by Crippen LogP contribution is 2.33. The number of hydrogen-bond donors (Lipinski definition) is 3. The normalized spacial score (nSPS) is 11.8. The molecular formula is C14H17BO5. The molecule has 0 spiro atoms. The zero-order chi connectivity index (χ0) is 15.2. The third kappa shape index (κ3) is 2.33.